The van der Waals surface area contributed by atoms with Gasteiger partial charge in [0.05, 0.1) is 16.3 Å². The molecular formula is C19H15ClF3N3O4. The molecule has 0 aromatic heterocycles. The lowest BCUT2D eigenvalue weighted by atomic mass is 10.2. The molecule has 7 nitrogen and oxygen atoms in total. The largest absolute Gasteiger partial charge is 0.454 e. The van der Waals surface area contributed by atoms with Crippen LogP contribution in [0, 0.1) is 0 Å². The quantitative estimate of drug-likeness (QED) is 0.779. The standard InChI is InChI=1S/C19H15ClF3N3O4/c20-13-3-1-11(19(21,22)23)7-14(13)24-17(27)9-25-5-6-26(18(25)28)12-2-4-15-16(8-12)30-10-29-15/h1-4,7-8H,5-6,9-10H2,(H,24,27). The number of carbonyl (C=O) groups is 2. The minimum absolute atomic E-state index is 0.0360. The highest BCUT2D eigenvalue weighted by Gasteiger charge is 2.33. The Balaban J connectivity index is 1.42. The first-order chi connectivity index (χ1) is 14.2. The Morgan fingerprint density at radius 3 is 2.63 bits per heavy atom. The Morgan fingerprint density at radius 1 is 1.10 bits per heavy atom. The molecule has 0 atom stereocenters. The fourth-order valence-corrected chi connectivity index (χ4v) is 3.35. The molecule has 0 saturated carbocycles. The number of amides is 3. The number of benzene rings is 2. The van der Waals surface area contributed by atoms with Gasteiger partial charge in [0.15, 0.2) is 11.5 Å². The summed E-state index contributed by atoms with van der Waals surface area (Å²) in [5.74, 6) is 0.451. The van der Waals surface area contributed by atoms with Crippen molar-refractivity contribution in [2.24, 2.45) is 0 Å². The van der Waals surface area contributed by atoms with Crippen LogP contribution in [0.15, 0.2) is 36.4 Å². The smallest absolute Gasteiger partial charge is 0.416 e. The molecule has 30 heavy (non-hydrogen) atoms. The van der Waals surface area contributed by atoms with Gasteiger partial charge in [-0.05, 0) is 30.3 Å². The number of hydrogen-bond donors (Lipinski definition) is 1. The van der Waals surface area contributed by atoms with E-state index in [0.717, 1.165) is 18.2 Å². The van der Waals surface area contributed by atoms with Crippen molar-refractivity contribution in [2.75, 3.05) is 36.6 Å². The lowest BCUT2D eigenvalue weighted by molar-refractivity contribution is -0.137. The Kier molecular flexibility index (Phi) is 5.10. The number of fused-ring (bicyclic) bond motifs is 1. The van der Waals surface area contributed by atoms with E-state index in [1.807, 2.05) is 0 Å². The molecule has 2 aliphatic rings. The molecule has 0 unspecified atom stereocenters. The highest BCUT2D eigenvalue weighted by atomic mass is 35.5. The molecule has 0 spiro atoms. The first kappa shape index (κ1) is 20.1. The summed E-state index contributed by atoms with van der Waals surface area (Å²) in [5, 5.41) is 2.30. The van der Waals surface area contributed by atoms with Gasteiger partial charge in [-0.2, -0.15) is 13.2 Å². The van der Waals surface area contributed by atoms with Gasteiger partial charge in [0.25, 0.3) is 0 Å². The molecule has 0 bridgehead atoms. The van der Waals surface area contributed by atoms with Gasteiger partial charge < -0.3 is 19.7 Å². The molecule has 3 amide bonds. The third-order valence-corrected chi connectivity index (χ3v) is 4.99. The minimum atomic E-state index is -4.57. The second-order valence-electron chi connectivity index (χ2n) is 6.63. The summed E-state index contributed by atoms with van der Waals surface area (Å²) < 4.78 is 49.2. The van der Waals surface area contributed by atoms with Crippen LogP contribution < -0.4 is 19.7 Å². The summed E-state index contributed by atoms with van der Waals surface area (Å²) in [7, 11) is 0. The molecule has 11 heteroatoms. The summed E-state index contributed by atoms with van der Waals surface area (Å²) in [6.07, 6.45) is -4.57. The number of carbonyl (C=O) groups excluding carboxylic acids is 2. The highest BCUT2D eigenvalue weighted by molar-refractivity contribution is 6.33. The van der Waals surface area contributed by atoms with E-state index in [4.69, 9.17) is 21.1 Å². The summed E-state index contributed by atoms with van der Waals surface area (Å²) in [6, 6.07) is 7.30. The zero-order chi connectivity index (χ0) is 21.5. The van der Waals surface area contributed by atoms with Gasteiger partial charge in [0.2, 0.25) is 12.7 Å². The van der Waals surface area contributed by atoms with Crippen molar-refractivity contribution in [1.29, 1.82) is 0 Å². The van der Waals surface area contributed by atoms with Crippen LogP contribution in [0.4, 0.5) is 29.3 Å². The molecule has 2 aliphatic heterocycles. The number of halogens is 4. The fourth-order valence-electron chi connectivity index (χ4n) is 3.18. The molecule has 1 saturated heterocycles. The van der Waals surface area contributed by atoms with E-state index in [1.54, 1.807) is 18.2 Å². The third-order valence-electron chi connectivity index (χ3n) is 4.67. The van der Waals surface area contributed by atoms with E-state index in [-0.39, 0.29) is 30.6 Å². The van der Waals surface area contributed by atoms with Gasteiger partial charge in [0.1, 0.15) is 6.54 Å². The summed E-state index contributed by atoms with van der Waals surface area (Å²) in [6.45, 7) is 0.399. The maximum absolute atomic E-state index is 12.9. The van der Waals surface area contributed by atoms with Crippen molar-refractivity contribution < 1.29 is 32.2 Å². The summed E-state index contributed by atoms with van der Waals surface area (Å²) in [4.78, 5) is 27.8. The molecule has 0 aliphatic carbocycles. The van der Waals surface area contributed by atoms with Crippen LogP contribution in [-0.4, -0.2) is 43.3 Å². The molecule has 1 N–H and O–H groups in total. The van der Waals surface area contributed by atoms with E-state index in [9.17, 15) is 22.8 Å². The maximum atomic E-state index is 12.9. The van der Waals surface area contributed by atoms with Crippen molar-refractivity contribution in [3.63, 3.8) is 0 Å². The number of nitrogens with zero attached hydrogens (tertiary/aromatic N) is 2. The molecular weight excluding hydrogens is 427 g/mol. The predicted molar refractivity (Wildman–Crippen MR) is 102 cm³/mol. The highest BCUT2D eigenvalue weighted by Crippen LogP contribution is 2.36. The number of nitrogens with one attached hydrogen (secondary N) is 1. The van der Waals surface area contributed by atoms with Crippen LogP contribution in [0.1, 0.15) is 5.56 Å². The second kappa shape index (κ2) is 7.60. The molecule has 2 aromatic carbocycles. The topological polar surface area (TPSA) is 71.1 Å². The number of anilines is 2. The van der Waals surface area contributed by atoms with E-state index in [1.165, 1.54) is 9.80 Å². The Hall–Kier alpha value is -3.14. The monoisotopic (exact) mass is 441 g/mol. The van der Waals surface area contributed by atoms with Crippen molar-refractivity contribution in [3.05, 3.63) is 47.0 Å². The zero-order valence-corrected chi connectivity index (χ0v) is 16.1. The van der Waals surface area contributed by atoms with E-state index in [0.29, 0.717) is 23.7 Å². The first-order valence-corrected chi connectivity index (χ1v) is 9.23. The van der Waals surface area contributed by atoms with Gasteiger partial charge in [-0.1, -0.05) is 11.6 Å². The van der Waals surface area contributed by atoms with Gasteiger partial charge in [-0.15, -0.1) is 0 Å². The van der Waals surface area contributed by atoms with Crippen LogP contribution in [0.3, 0.4) is 0 Å². The van der Waals surface area contributed by atoms with E-state index >= 15 is 0 Å². The van der Waals surface area contributed by atoms with Crippen LogP contribution in [-0.2, 0) is 11.0 Å². The number of ether oxygens (including phenoxy) is 2. The normalized spacial score (nSPS) is 15.7. The average molecular weight is 442 g/mol. The van der Waals surface area contributed by atoms with E-state index in [2.05, 4.69) is 5.32 Å². The maximum Gasteiger partial charge on any atom is 0.416 e. The molecule has 4 rings (SSSR count). The van der Waals surface area contributed by atoms with Crippen LogP contribution >= 0.6 is 11.6 Å². The summed E-state index contributed by atoms with van der Waals surface area (Å²) in [5.41, 5.74) is -0.516. The molecule has 2 aromatic rings. The molecule has 0 radical (unpaired) electrons. The molecule has 2 heterocycles. The van der Waals surface area contributed by atoms with Gasteiger partial charge >= 0.3 is 12.2 Å². The lowest BCUT2D eigenvalue weighted by Crippen LogP contribution is -2.37. The number of alkyl halides is 3. The number of rotatable bonds is 4. The first-order valence-electron chi connectivity index (χ1n) is 8.85. The van der Waals surface area contributed by atoms with Gasteiger partial charge in [-0.25, -0.2) is 4.79 Å². The van der Waals surface area contributed by atoms with Crippen LogP contribution in [0.2, 0.25) is 5.02 Å². The lowest BCUT2D eigenvalue weighted by Gasteiger charge is -2.19. The second-order valence-corrected chi connectivity index (χ2v) is 7.04. The van der Waals surface area contributed by atoms with Crippen LogP contribution in [0.25, 0.3) is 0 Å². The zero-order valence-electron chi connectivity index (χ0n) is 15.3. The Bertz CT molecular complexity index is 1020. The number of urea groups is 1. The third kappa shape index (κ3) is 3.95. The number of hydrogen-bond acceptors (Lipinski definition) is 4. The van der Waals surface area contributed by atoms with Gasteiger partial charge in [0, 0.05) is 24.8 Å². The Morgan fingerprint density at radius 2 is 1.87 bits per heavy atom. The van der Waals surface area contributed by atoms with Crippen LogP contribution in [0.5, 0.6) is 11.5 Å². The van der Waals surface area contributed by atoms with Gasteiger partial charge in [-0.3, -0.25) is 9.69 Å². The SMILES string of the molecule is O=C(CN1CCN(c2ccc3c(c2)OCO3)C1=O)Nc1cc(C(F)(F)F)ccc1Cl. The molecule has 1 fully saturated rings. The Labute approximate surface area is 173 Å². The molecule has 158 valence electrons. The fraction of sp³-hybridized carbons (Fsp3) is 0.263. The van der Waals surface area contributed by atoms with Crippen molar-refractivity contribution in [3.8, 4) is 11.5 Å². The predicted octanol–water partition coefficient (Wildman–Crippen LogP) is 3.97. The minimum Gasteiger partial charge on any atom is -0.454 e. The average Bonchev–Trinajstić information content (AvgIpc) is 3.29. The summed E-state index contributed by atoms with van der Waals surface area (Å²) >= 11 is 5.89. The van der Waals surface area contributed by atoms with E-state index < -0.39 is 23.7 Å². The van der Waals surface area contributed by atoms with Crippen molar-refractivity contribution >= 4 is 34.9 Å². The van der Waals surface area contributed by atoms with Crippen molar-refractivity contribution in [1.82, 2.24) is 4.90 Å². The van der Waals surface area contributed by atoms with Crippen molar-refractivity contribution in [2.45, 2.75) is 6.18 Å².